The van der Waals surface area contributed by atoms with Crippen LogP contribution in [-0.4, -0.2) is 20.4 Å². The second-order valence-electron chi connectivity index (χ2n) is 6.86. The fraction of sp³-hybridized carbons (Fsp3) is 0.350. The fourth-order valence-corrected chi connectivity index (χ4v) is 4.57. The molecule has 0 spiro atoms. The molecule has 2 rings (SSSR count). The molecule has 0 saturated heterocycles. The van der Waals surface area contributed by atoms with E-state index in [-0.39, 0.29) is 17.7 Å². The molecule has 0 radical (unpaired) electrons. The largest absolute Gasteiger partial charge is 0.352 e. The van der Waals surface area contributed by atoms with E-state index >= 15 is 0 Å². The van der Waals surface area contributed by atoms with Crippen molar-refractivity contribution in [2.24, 2.45) is 0 Å². The molecule has 28 heavy (non-hydrogen) atoms. The van der Waals surface area contributed by atoms with E-state index in [0.717, 1.165) is 11.1 Å². The Morgan fingerprint density at radius 2 is 1.68 bits per heavy atom. The summed E-state index contributed by atoms with van der Waals surface area (Å²) >= 11 is 12.0. The molecular formula is C20H24Cl2N2O3S. The molecule has 5 nitrogen and oxygen atoms in total. The monoisotopic (exact) mass is 442 g/mol. The van der Waals surface area contributed by atoms with Crippen LogP contribution < -0.4 is 10.0 Å². The number of carbonyl (C=O) groups excluding carboxylic acids is 1. The maximum absolute atomic E-state index is 12.1. The van der Waals surface area contributed by atoms with Crippen molar-refractivity contribution in [2.45, 2.75) is 45.0 Å². The van der Waals surface area contributed by atoms with Crippen LogP contribution in [0.2, 0.25) is 10.0 Å². The van der Waals surface area contributed by atoms with E-state index in [1.165, 1.54) is 0 Å². The minimum atomic E-state index is -3.35. The molecule has 0 saturated carbocycles. The van der Waals surface area contributed by atoms with Crippen molar-refractivity contribution in [3.8, 4) is 0 Å². The third-order valence-electron chi connectivity index (χ3n) is 3.92. The number of hydrogen-bond donors (Lipinski definition) is 2. The van der Waals surface area contributed by atoms with Crippen LogP contribution in [0.4, 0.5) is 0 Å². The van der Waals surface area contributed by atoms with Crippen LogP contribution in [0.3, 0.4) is 0 Å². The van der Waals surface area contributed by atoms with Gasteiger partial charge < -0.3 is 5.32 Å². The van der Waals surface area contributed by atoms with Crippen molar-refractivity contribution in [3.05, 3.63) is 69.2 Å². The Hall–Kier alpha value is -1.60. The van der Waals surface area contributed by atoms with Crippen LogP contribution in [0, 0.1) is 0 Å². The summed E-state index contributed by atoms with van der Waals surface area (Å²) in [5.41, 5.74) is 2.47. The molecule has 0 unspecified atom stereocenters. The lowest BCUT2D eigenvalue weighted by molar-refractivity contribution is -0.121. The highest BCUT2D eigenvalue weighted by Gasteiger charge is 2.13. The molecule has 0 heterocycles. The molecular weight excluding hydrogens is 419 g/mol. The summed E-state index contributed by atoms with van der Waals surface area (Å²) in [5, 5.41) is 3.97. The van der Waals surface area contributed by atoms with Gasteiger partial charge in [0.2, 0.25) is 15.9 Å². The maximum atomic E-state index is 12.1. The highest BCUT2D eigenvalue weighted by Crippen LogP contribution is 2.22. The average molecular weight is 443 g/mol. The number of halogens is 2. The summed E-state index contributed by atoms with van der Waals surface area (Å²) in [4.78, 5) is 12.1. The molecule has 1 amide bonds. The van der Waals surface area contributed by atoms with Gasteiger partial charge in [0.1, 0.15) is 0 Å². The number of hydrogen-bond acceptors (Lipinski definition) is 3. The molecule has 0 aliphatic carbocycles. The second-order valence-corrected chi connectivity index (χ2v) is 9.46. The van der Waals surface area contributed by atoms with Crippen LogP contribution in [0.5, 0.6) is 0 Å². The van der Waals surface area contributed by atoms with Crippen LogP contribution in [0.25, 0.3) is 0 Å². The van der Waals surface area contributed by atoms with Crippen molar-refractivity contribution >= 4 is 39.1 Å². The van der Waals surface area contributed by atoms with Crippen molar-refractivity contribution < 1.29 is 13.2 Å². The Morgan fingerprint density at radius 1 is 1.04 bits per heavy atom. The summed E-state index contributed by atoms with van der Waals surface area (Å²) < 4.78 is 26.5. The lowest BCUT2D eigenvalue weighted by Gasteiger charge is -2.10. The number of aryl methyl sites for hydroxylation is 1. The van der Waals surface area contributed by atoms with Crippen molar-refractivity contribution in [2.75, 3.05) is 0 Å². The summed E-state index contributed by atoms with van der Waals surface area (Å²) in [6.07, 6.45) is 0.847. The highest BCUT2D eigenvalue weighted by molar-refractivity contribution is 7.88. The normalized spacial score (nSPS) is 11.6. The molecule has 152 valence electrons. The first kappa shape index (κ1) is 22.7. The van der Waals surface area contributed by atoms with Crippen LogP contribution in [0.15, 0.2) is 42.5 Å². The number of sulfonamides is 1. The predicted molar refractivity (Wildman–Crippen MR) is 114 cm³/mol. The molecule has 2 aromatic carbocycles. The Bertz CT molecular complexity index is 914. The summed E-state index contributed by atoms with van der Waals surface area (Å²) in [6.45, 7) is 3.94. The minimum absolute atomic E-state index is 0.0698. The van der Waals surface area contributed by atoms with Gasteiger partial charge in [0.25, 0.3) is 0 Å². The molecule has 0 aromatic heterocycles. The minimum Gasteiger partial charge on any atom is -0.352 e. The van der Waals surface area contributed by atoms with Crippen LogP contribution >= 0.6 is 23.2 Å². The first-order valence-corrected chi connectivity index (χ1v) is 11.3. The van der Waals surface area contributed by atoms with Gasteiger partial charge >= 0.3 is 0 Å². The quantitative estimate of drug-likeness (QED) is 0.614. The zero-order chi connectivity index (χ0) is 20.7. The smallest absolute Gasteiger partial charge is 0.220 e. The van der Waals surface area contributed by atoms with Crippen molar-refractivity contribution in [1.82, 2.24) is 10.0 Å². The lowest BCUT2D eigenvalue weighted by Crippen LogP contribution is -2.31. The molecule has 0 aliphatic rings. The molecule has 0 aliphatic heterocycles. The van der Waals surface area contributed by atoms with Crippen LogP contribution in [0.1, 0.15) is 37.0 Å². The Morgan fingerprint density at radius 3 is 2.29 bits per heavy atom. The number of carbonyl (C=O) groups is 1. The second kappa shape index (κ2) is 10.3. The van der Waals surface area contributed by atoms with E-state index in [9.17, 15) is 13.2 Å². The number of nitrogens with one attached hydrogen (secondary N) is 2. The third kappa shape index (κ3) is 7.80. The van der Waals surface area contributed by atoms with Gasteiger partial charge in [-0.1, -0.05) is 53.5 Å². The van der Waals surface area contributed by atoms with E-state index in [1.54, 1.807) is 38.1 Å². The lowest BCUT2D eigenvalue weighted by atomic mass is 10.1. The Balaban J connectivity index is 1.81. The number of rotatable bonds is 9. The first-order chi connectivity index (χ1) is 13.1. The van der Waals surface area contributed by atoms with E-state index in [0.29, 0.717) is 35.0 Å². The van der Waals surface area contributed by atoms with Gasteiger partial charge in [-0.05, 0) is 49.1 Å². The summed E-state index contributed by atoms with van der Waals surface area (Å²) in [6, 6.07) is 12.2. The molecule has 0 bridgehead atoms. The molecule has 8 heteroatoms. The Labute approximate surface area is 176 Å². The third-order valence-corrected chi connectivity index (χ3v) is 6.05. The highest BCUT2D eigenvalue weighted by atomic mass is 35.5. The average Bonchev–Trinajstić information content (AvgIpc) is 2.59. The number of benzene rings is 2. The van der Waals surface area contributed by atoms with E-state index < -0.39 is 10.0 Å². The zero-order valence-electron chi connectivity index (χ0n) is 15.8. The van der Waals surface area contributed by atoms with Crippen LogP contribution in [-0.2, 0) is 33.5 Å². The molecule has 2 aromatic rings. The standard InChI is InChI=1S/C20H24Cl2N2O3S/c1-14(2)24-28(26,27)13-16-5-3-15(4-6-16)12-23-20(25)10-8-17-7-9-18(21)11-19(17)22/h3-7,9,11,14,24H,8,10,12-13H2,1-2H3,(H,23,25). The molecule has 0 atom stereocenters. The molecule has 2 N–H and O–H groups in total. The van der Waals surface area contributed by atoms with Gasteiger partial charge in [-0.25, -0.2) is 13.1 Å². The van der Waals surface area contributed by atoms with E-state index in [1.807, 2.05) is 18.2 Å². The fourth-order valence-electron chi connectivity index (χ4n) is 2.64. The summed E-state index contributed by atoms with van der Waals surface area (Å²) in [5.74, 6) is -0.154. The van der Waals surface area contributed by atoms with E-state index in [2.05, 4.69) is 10.0 Å². The Kier molecular flexibility index (Phi) is 8.31. The number of amides is 1. The topological polar surface area (TPSA) is 75.3 Å². The van der Waals surface area contributed by atoms with Gasteiger partial charge in [-0.3, -0.25) is 4.79 Å². The molecule has 0 fully saturated rings. The SMILES string of the molecule is CC(C)NS(=O)(=O)Cc1ccc(CNC(=O)CCc2ccc(Cl)cc2Cl)cc1. The van der Waals surface area contributed by atoms with Crippen molar-refractivity contribution in [3.63, 3.8) is 0 Å². The maximum Gasteiger partial charge on any atom is 0.220 e. The van der Waals surface area contributed by atoms with Gasteiger partial charge in [0, 0.05) is 29.1 Å². The van der Waals surface area contributed by atoms with Gasteiger partial charge in [-0.2, -0.15) is 0 Å². The zero-order valence-corrected chi connectivity index (χ0v) is 18.2. The predicted octanol–water partition coefficient (Wildman–Crippen LogP) is 4.07. The van der Waals surface area contributed by atoms with Gasteiger partial charge in [0.15, 0.2) is 0 Å². The summed E-state index contributed by atoms with van der Waals surface area (Å²) in [7, 11) is -3.35. The first-order valence-electron chi connectivity index (χ1n) is 8.93. The van der Waals surface area contributed by atoms with E-state index in [4.69, 9.17) is 23.2 Å². The van der Waals surface area contributed by atoms with Gasteiger partial charge in [-0.15, -0.1) is 0 Å². The van der Waals surface area contributed by atoms with Crippen molar-refractivity contribution in [1.29, 1.82) is 0 Å². The van der Waals surface area contributed by atoms with Gasteiger partial charge in [0.05, 0.1) is 5.75 Å².